The summed E-state index contributed by atoms with van der Waals surface area (Å²) in [5.41, 5.74) is 3.12. The zero-order valence-electron chi connectivity index (χ0n) is 14.5. The summed E-state index contributed by atoms with van der Waals surface area (Å²) < 4.78 is 26.2. The second-order valence-corrected chi connectivity index (χ2v) is 8.00. The molecule has 5 rings (SSSR count). The first-order valence-electron chi connectivity index (χ1n) is 8.45. The van der Waals surface area contributed by atoms with Gasteiger partial charge in [-0.25, -0.2) is 9.37 Å². The molecule has 27 heavy (non-hydrogen) atoms. The molecule has 2 aromatic carbocycles. The Labute approximate surface area is 163 Å². The quantitative estimate of drug-likeness (QED) is 0.437. The Balaban J connectivity index is 1.76. The maximum absolute atomic E-state index is 14.4. The van der Waals surface area contributed by atoms with Crippen molar-refractivity contribution in [2.75, 3.05) is 7.11 Å². The number of ether oxygens (including phenoxy) is 2. The molecule has 136 valence electrons. The molecule has 0 spiro atoms. The van der Waals surface area contributed by atoms with E-state index in [1.54, 1.807) is 13.3 Å². The van der Waals surface area contributed by atoms with Gasteiger partial charge in [0.25, 0.3) is 0 Å². The van der Waals surface area contributed by atoms with Gasteiger partial charge in [-0.05, 0) is 25.1 Å². The first-order valence-corrected chi connectivity index (χ1v) is 9.65. The topological polar surface area (TPSA) is 44.2 Å². The standard InChI is InChI=1S/C20H14ClFN2O2S/c1-9-3-14-18(26-9)15(22)7-16-19(14)27-20(24-16)13-6-11(21)4-10-5-12(25-2)8-23-17(10)13/h4-9H,3H2,1-2H3. The average Bonchev–Trinajstić information content (AvgIpc) is 3.23. The molecule has 1 unspecified atom stereocenters. The lowest BCUT2D eigenvalue weighted by Crippen LogP contribution is -2.05. The summed E-state index contributed by atoms with van der Waals surface area (Å²) in [6.45, 7) is 1.94. The van der Waals surface area contributed by atoms with E-state index in [-0.39, 0.29) is 11.9 Å². The van der Waals surface area contributed by atoms with Gasteiger partial charge in [0.15, 0.2) is 11.6 Å². The van der Waals surface area contributed by atoms with Crippen molar-refractivity contribution in [2.24, 2.45) is 0 Å². The van der Waals surface area contributed by atoms with Crippen LogP contribution in [0.15, 0.2) is 30.5 Å². The molecule has 0 saturated heterocycles. The fourth-order valence-electron chi connectivity index (χ4n) is 3.50. The second-order valence-electron chi connectivity index (χ2n) is 6.57. The van der Waals surface area contributed by atoms with Gasteiger partial charge in [-0.3, -0.25) is 4.98 Å². The summed E-state index contributed by atoms with van der Waals surface area (Å²) in [5, 5.41) is 2.20. The molecule has 0 radical (unpaired) electrons. The van der Waals surface area contributed by atoms with E-state index in [4.69, 9.17) is 21.1 Å². The number of pyridine rings is 1. The highest BCUT2D eigenvalue weighted by atomic mass is 35.5. The van der Waals surface area contributed by atoms with Crippen molar-refractivity contribution < 1.29 is 13.9 Å². The number of hydrogen-bond acceptors (Lipinski definition) is 5. The molecule has 1 aliphatic heterocycles. The van der Waals surface area contributed by atoms with Crippen LogP contribution in [-0.2, 0) is 6.42 Å². The Morgan fingerprint density at radius 3 is 2.96 bits per heavy atom. The zero-order valence-corrected chi connectivity index (χ0v) is 16.1. The van der Waals surface area contributed by atoms with Gasteiger partial charge in [0, 0.05) is 34.0 Å². The van der Waals surface area contributed by atoms with Crippen molar-refractivity contribution in [3.63, 3.8) is 0 Å². The van der Waals surface area contributed by atoms with E-state index in [1.807, 2.05) is 25.1 Å². The van der Waals surface area contributed by atoms with E-state index in [1.165, 1.54) is 17.4 Å². The summed E-state index contributed by atoms with van der Waals surface area (Å²) in [4.78, 5) is 9.20. The van der Waals surface area contributed by atoms with Crippen LogP contribution in [0.1, 0.15) is 12.5 Å². The predicted octanol–water partition coefficient (Wildman–Crippen LogP) is 5.64. The van der Waals surface area contributed by atoms with E-state index in [9.17, 15) is 4.39 Å². The molecule has 0 N–H and O–H groups in total. The maximum atomic E-state index is 14.4. The Bertz CT molecular complexity index is 1220. The average molecular weight is 401 g/mol. The number of thiazole rings is 1. The van der Waals surface area contributed by atoms with Gasteiger partial charge >= 0.3 is 0 Å². The van der Waals surface area contributed by atoms with Crippen molar-refractivity contribution in [1.29, 1.82) is 0 Å². The normalized spacial score (nSPS) is 15.9. The number of methoxy groups -OCH3 is 1. The predicted molar refractivity (Wildman–Crippen MR) is 106 cm³/mol. The van der Waals surface area contributed by atoms with Crippen LogP contribution in [-0.4, -0.2) is 23.2 Å². The minimum atomic E-state index is -0.363. The molecular formula is C20H14ClFN2O2S. The minimum absolute atomic E-state index is 0.0354. The van der Waals surface area contributed by atoms with Crippen molar-refractivity contribution >= 4 is 44.1 Å². The summed E-state index contributed by atoms with van der Waals surface area (Å²) in [6.07, 6.45) is 2.31. The highest BCUT2D eigenvalue weighted by Gasteiger charge is 2.27. The largest absolute Gasteiger partial charge is 0.495 e. The van der Waals surface area contributed by atoms with Crippen molar-refractivity contribution in [3.05, 3.63) is 46.9 Å². The number of fused-ring (bicyclic) bond motifs is 4. The van der Waals surface area contributed by atoms with Crippen LogP contribution >= 0.6 is 22.9 Å². The Kier molecular flexibility index (Phi) is 3.74. The highest BCUT2D eigenvalue weighted by molar-refractivity contribution is 7.22. The molecule has 3 heterocycles. The van der Waals surface area contributed by atoms with Crippen LogP contribution in [0, 0.1) is 5.82 Å². The smallest absolute Gasteiger partial charge is 0.167 e. The number of aromatic nitrogens is 2. The van der Waals surface area contributed by atoms with E-state index < -0.39 is 0 Å². The third kappa shape index (κ3) is 2.63. The molecule has 4 nitrogen and oxygen atoms in total. The summed E-state index contributed by atoms with van der Waals surface area (Å²) in [6, 6.07) is 7.01. The van der Waals surface area contributed by atoms with Gasteiger partial charge in [-0.1, -0.05) is 11.6 Å². The lowest BCUT2D eigenvalue weighted by molar-refractivity contribution is 0.245. The number of benzene rings is 2. The van der Waals surface area contributed by atoms with Crippen LogP contribution in [0.2, 0.25) is 5.02 Å². The fourth-order valence-corrected chi connectivity index (χ4v) is 4.84. The number of halogens is 2. The van der Waals surface area contributed by atoms with Crippen molar-refractivity contribution in [2.45, 2.75) is 19.4 Å². The van der Waals surface area contributed by atoms with Gasteiger partial charge in [0.2, 0.25) is 0 Å². The monoisotopic (exact) mass is 400 g/mol. The Hall–Kier alpha value is -2.44. The fraction of sp³-hybridized carbons (Fsp3) is 0.200. The first kappa shape index (κ1) is 16.7. The van der Waals surface area contributed by atoms with Crippen molar-refractivity contribution in [3.8, 4) is 22.1 Å². The van der Waals surface area contributed by atoms with E-state index in [0.29, 0.717) is 28.5 Å². The van der Waals surface area contributed by atoms with Crippen LogP contribution in [0.4, 0.5) is 4.39 Å². The van der Waals surface area contributed by atoms with Gasteiger partial charge in [0.05, 0.1) is 29.0 Å². The van der Waals surface area contributed by atoms with Crippen LogP contribution in [0.25, 0.3) is 31.7 Å². The molecule has 2 aromatic heterocycles. The van der Waals surface area contributed by atoms with E-state index in [0.717, 1.165) is 31.7 Å². The molecule has 0 aliphatic carbocycles. The Morgan fingerprint density at radius 2 is 2.15 bits per heavy atom. The minimum Gasteiger partial charge on any atom is -0.495 e. The van der Waals surface area contributed by atoms with Crippen LogP contribution in [0.3, 0.4) is 0 Å². The number of rotatable bonds is 2. The SMILES string of the molecule is COc1cnc2c(-c3nc4cc(F)c5c(c4s3)CC(C)O5)cc(Cl)cc2c1. The highest BCUT2D eigenvalue weighted by Crippen LogP contribution is 2.43. The molecule has 0 bridgehead atoms. The molecule has 0 saturated carbocycles. The zero-order chi connectivity index (χ0) is 18.7. The van der Waals surface area contributed by atoms with Crippen molar-refractivity contribution in [1.82, 2.24) is 9.97 Å². The van der Waals surface area contributed by atoms with E-state index in [2.05, 4.69) is 9.97 Å². The maximum Gasteiger partial charge on any atom is 0.167 e. The van der Waals surface area contributed by atoms with Gasteiger partial charge in [0.1, 0.15) is 16.9 Å². The first-order chi connectivity index (χ1) is 13.0. The molecule has 1 atom stereocenters. The summed E-state index contributed by atoms with van der Waals surface area (Å²) in [7, 11) is 1.60. The molecule has 4 aromatic rings. The lowest BCUT2D eigenvalue weighted by atomic mass is 10.1. The van der Waals surface area contributed by atoms with Gasteiger partial charge < -0.3 is 9.47 Å². The lowest BCUT2D eigenvalue weighted by Gasteiger charge is -2.06. The van der Waals surface area contributed by atoms with E-state index >= 15 is 0 Å². The molecule has 0 amide bonds. The van der Waals surface area contributed by atoms with Gasteiger partial charge in [-0.2, -0.15) is 0 Å². The number of hydrogen-bond donors (Lipinski definition) is 0. The third-order valence-corrected chi connectivity index (χ3v) is 6.06. The second kappa shape index (κ2) is 6.04. The summed E-state index contributed by atoms with van der Waals surface area (Å²) in [5.74, 6) is 0.646. The third-order valence-electron chi connectivity index (χ3n) is 4.68. The molecular weight excluding hydrogens is 387 g/mol. The molecule has 1 aliphatic rings. The number of nitrogens with zero attached hydrogens (tertiary/aromatic N) is 2. The van der Waals surface area contributed by atoms with Gasteiger partial charge in [-0.15, -0.1) is 11.3 Å². The molecule has 7 heteroatoms. The van der Waals surface area contributed by atoms with Crippen LogP contribution < -0.4 is 9.47 Å². The Morgan fingerprint density at radius 1 is 1.30 bits per heavy atom. The molecule has 0 fully saturated rings. The van der Waals surface area contributed by atoms with Crippen LogP contribution in [0.5, 0.6) is 11.5 Å². The summed E-state index contributed by atoms with van der Waals surface area (Å²) >= 11 is 7.85.